The van der Waals surface area contributed by atoms with Crippen LogP contribution in [0.3, 0.4) is 0 Å². The second-order valence-electron chi connectivity index (χ2n) is 9.76. The summed E-state index contributed by atoms with van der Waals surface area (Å²) >= 11 is 0. The molecule has 2 aromatic rings. The van der Waals surface area contributed by atoms with Gasteiger partial charge in [-0.2, -0.15) is 4.98 Å². The standard InChI is InChI=1S/C25H34N8O8/c26-25-31-21-20(23(38)32-25)29-14(11-28-21)10-27-13-1-2-15(22(37)30-17(24(39)40)3-4-19(35)36)16(9-13)18-12-33(5-7-34)6-8-41-18/h1-2,9,14,17-18,27,29,34H,3-8,10-12H2,(H,30,37)(H,35,36)(H,39,40)(H4,26,28,31,32,38). The van der Waals surface area contributed by atoms with Gasteiger partial charge in [0.25, 0.3) is 11.5 Å². The first kappa shape index (κ1) is 29.6. The zero-order valence-corrected chi connectivity index (χ0v) is 22.2. The van der Waals surface area contributed by atoms with E-state index in [1.807, 2.05) is 4.90 Å². The van der Waals surface area contributed by atoms with Crippen molar-refractivity contribution in [2.45, 2.75) is 31.0 Å². The molecule has 41 heavy (non-hydrogen) atoms. The highest BCUT2D eigenvalue weighted by Crippen LogP contribution is 2.29. The number of carboxylic acid groups (broad SMARTS) is 2. The van der Waals surface area contributed by atoms with Crippen LogP contribution in [0.1, 0.15) is 34.9 Å². The third-order valence-corrected chi connectivity index (χ3v) is 6.81. The molecule has 0 saturated carbocycles. The van der Waals surface area contributed by atoms with E-state index in [9.17, 15) is 29.4 Å². The lowest BCUT2D eigenvalue weighted by Crippen LogP contribution is -2.43. The van der Waals surface area contributed by atoms with E-state index in [4.69, 9.17) is 15.6 Å². The van der Waals surface area contributed by atoms with Crippen LogP contribution in [-0.4, -0.2) is 106 Å². The quantitative estimate of drug-likeness (QED) is 0.149. The topological polar surface area (TPSA) is 244 Å². The molecule has 1 fully saturated rings. The Morgan fingerprint density at radius 2 is 2.07 bits per heavy atom. The molecule has 1 aromatic heterocycles. The molecule has 0 spiro atoms. The van der Waals surface area contributed by atoms with Crippen LogP contribution >= 0.6 is 0 Å². The summed E-state index contributed by atoms with van der Waals surface area (Å²) in [7, 11) is 0. The molecule has 2 aliphatic heterocycles. The number of nitrogens with one attached hydrogen (secondary N) is 5. The molecule has 0 radical (unpaired) electrons. The van der Waals surface area contributed by atoms with E-state index in [1.165, 1.54) is 0 Å². The van der Waals surface area contributed by atoms with Crippen molar-refractivity contribution in [3.63, 3.8) is 0 Å². The first-order chi connectivity index (χ1) is 19.6. The number of carbonyl (C=O) groups excluding carboxylic acids is 1. The van der Waals surface area contributed by atoms with Gasteiger partial charge in [-0.15, -0.1) is 0 Å². The molecule has 0 aliphatic carbocycles. The number of rotatable bonds is 12. The van der Waals surface area contributed by atoms with Gasteiger partial charge >= 0.3 is 11.9 Å². The SMILES string of the molecule is Nc1nc2c(c(=O)[nH]1)NC(CNc1ccc(C(=O)NC(CCC(=O)O)C(=O)O)c(C3CN(CCO)CCO3)c1)CN2. The number of nitrogen functional groups attached to an aromatic ring is 1. The Kier molecular flexibility index (Phi) is 9.59. The minimum atomic E-state index is -1.39. The lowest BCUT2D eigenvalue weighted by molar-refractivity contribution is -0.140. The summed E-state index contributed by atoms with van der Waals surface area (Å²) in [6.45, 7) is 2.60. The predicted molar refractivity (Wildman–Crippen MR) is 148 cm³/mol. The second kappa shape index (κ2) is 13.3. The molecule has 3 unspecified atom stereocenters. The van der Waals surface area contributed by atoms with Gasteiger partial charge in [0.2, 0.25) is 5.95 Å². The van der Waals surface area contributed by atoms with E-state index in [-0.39, 0.29) is 36.3 Å². The van der Waals surface area contributed by atoms with Crippen LogP contribution in [0.4, 0.5) is 23.1 Å². The highest BCUT2D eigenvalue weighted by molar-refractivity contribution is 5.98. The summed E-state index contributed by atoms with van der Waals surface area (Å²) in [5.41, 5.74) is 6.83. The molecule has 1 saturated heterocycles. The van der Waals surface area contributed by atoms with Crippen LogP contribution in [0.25, 0.3) is 0 Å². The maximum atomic E-state index is 13.2. The maximum Gasteiger partial charge on any atom is 0.326 e. The van der Waals surface area contributed by atoms with Gasteiger partial charge in [0, 0.05) is 50.4 Å². The number of aliphatic hydroxyl groups excluding tert-OH is 1. The third-order valence-electron chi connectivity index (χ3n) is 6.81. The van der Waals surface area contributed by atoms with E-state index in [0.717, 1.165) is 0 Å². The maximum absolute atomic E-state index is 13.2. The van der Waals surface area contributed by atoms with E-state index in [0.29, 0.717) is 56.4 Å². The number of carbonyl (C=O) groups is 3. The van der Waals surface area contributed by atoms with Gasteiger partial charge in [-0.05, 0) is 30.2 Å². The average Bonchev–Trinajstić information content (AvgIpc) is 2.94. The molecule has 16 heteroatoms. The predicted octanol–water partition coefficient (Wildman–Crippen LogP) is -0.916. The van der Waals surface area contributed by atoms with Crippen LogP contribution in [0.2, 0.25) is 0 Å². The zero-order valence-electron chi connectivity index (χ0n) is 22.2. The Balaban J connectivity index is 1.53. The summed E-state index contributed by atoms with van der Waals surface area (Å²) in [5, 5.41) is 39.8. The molecule has 1 aromatic carbocycles. The van der Waals surface area contributed by atoms with Crippen LogP contribution in [0.5, 0.6) is 0 Å². The lowest BCUT2D eigenvalue weighted by Gasteiger charge is -2.33. The smallest absolute Gasteiger partial charge is 0.326 e. The van der Waals surface area contributed by atoms with Crippen molar-refractivity contribution in [1.29, 1.82) is 0 Å². The number of aliphatic carboxylic acids is 2. The first-order valence-electron chi connectivity index (χ1n) is 13.1. The summed E-state index contributed by atoms with van der Waals surface area (Å²) in [4.78, 5) is 56.6. The monoisotopic (exact) mass is 574 g/mol. The number of aliphatic hydroxyl groups is 1. The van der Waals surface area contributed by atoms with Crippen molar-refractivity contribution in [2.24, 2.45) is 0 Å². The van der Waals surface area contributed by atoms with Gasteiger partial charge < -0.3 is 47.1 Å². The third kappa shape index (κ3) is 7.62. The highest BCUT2D eigenvalue weighted by Gasteiger charge is 2.29. The number of morpholine rings is 1. The molecule has 16 nitrogen and oxygen atoms in total. The minimum Gasteiger partial charge on any atom is -0.481 e. The Bertz CT molecular complexity index is 1330. The number of anilines is 4. The van der Waals surface area contributed by atoms with E-state index < -0.39 is 42.0 Å². The number of benzene rings is 1. The Hall–Kier alpha value is -4.41. The fraction of sp³-hybridized carbons (Fsp3) is 0.480. The molecule has 10 N–H and O–H groups in total. The first-order valence-corrected chi connectivity index (χ1v) is 13.1. The van der Waals surface area contributed by atoms with Crippen LogP contribution < -0.4 is 32.6 Å². The van der Waals surface area contributed by atoms with Crippen molar-refractivity contribution < 1.29 is 34.4 Å². The van der Waals surface area contributed by atoms with Crippen LogP contribution in [0.15, 0.2) is 23.0 Å². The largest absolute Gasteiger partial charge is 0.481 e. The van der Waals surface area contributed by atoms with E-state index in [1.54, 1.807) is 18.2 Å². The number of hydrogen-bond acceptors (Lipinski definition) is 12. The summed E-state index contributed by atoms with van der Waals surface area (Å²) in [5.74, 6) is -2.81. The van der Waals surface area contributed by atoms with Gasteiger partial charge in [-0.25, -0.2) is 4.79 Å². The summed E-state index contributed by atoms with van der Waals surface area (Å²) < 4.78 is 5.97. The fourth-order valence-corrected chi connectivity index (χ4v) is 4.73. The van der Waals surface area contributed by atoms with Gasteiger partial charge in [0.15, 0.2) is 5.82 Å². The number of ether oxygens (including phenoxy) is 1. The van der Waals surface area contributed by atoms with Crippen LogP contribution in [0, 0.1) is 0 Å². The number of aromatic nitrogens is 2. The number of nitrogens with two attached hydrogens (primary N) is 1. The van der Waals surface area contributed by atoms with Gasteiger partial charge in [0.1, 0.15) is 11.7 Å². The van der Waals surface area contributed by atoms with Crippen molar-refractivity contribution >= 4 is 41.0 Å². The molecule has 0 bridgehead atoms. The molecule has 222 valence electrons. The fourth-order valence-electron chi connectivity index (χ4n) is 4.73. The number of β-amino-alcohol motifs (C(OH)–C–C–N with tert-alkyl or cyclic N) is 1. The molecule has 2 aliphatic rings. The van der Waals surface area contributed by atoms with Gasteiger partial charge in [0.05, 0.1) is 25.4 Å². The Morgan fingerprint density at radius 3 is 2.80 bits per heavy atom. The number of amides is 1. The van der Waals surface area contributed by atoms with Gasteiger partial charge in [-0.1, -0.05) is 0 Å². The number of H-pyrrole nitrogens is 1. The molecule has 1 amide bonds. The molecular formula is C25H34N8O8. The number of aromatic amines is 1. The normalized spacial score (nSPS) is 19.2. The minimum absolute atomic E-state index is 0.00956. The Morgan fingerprint density at radius 1 is 1.27 bits per heavy atom. The summed E-state index contributed by atoms with van der Waals surface area (Å²) in [6.07, 6.45) is -1.23. The average molecular weight is 575 g/mol. The molecular weight excluding hydrogens is 540 g/mol. The van der Waals surface area contributed by atoms with Crippen molar-refractivity contribution in [3.8, 4) is 0 Å². The number of nitrogens with zero attached hydrogens (tertiary/aromatic N) is 2. The molecule has 4 rings (SSSR count). The van der Waals surface area contributed by atoms with E-state index in [2.05, 4.69) is 31.2 Å². The van der Waals surface area contributed by atoms with Gasteiger partial charge in [-0.3, -0.25) is 24.3 Å². The number of carboxylic acids is 2. The lowest BCUT2D eigenvalue weighted by atomic mass is 9.98. The summed E-state index contributed by atoms with van der Waals surface area (Å²) in [6, 6.07) is 3.38. The second-order valence-corrected chi connectivity index (χ2v) is 9.76. The van der Waals surface area contributed by atoms with Crippen molar-refractivity contribution in [2.75, 3.05) is 67.6 Å². The van der Waals surface area contributed by atoms with Crippen molar-refractivity contribution in [3.05, 3.63) is 39.7 Å². The highest BCUT2D eigenvalue weighted by atomic mass is 16.5. The molecule has 3 heterocycles. The van der Waals surface area contributed by atoms with Crippen LogP contribution in [-0.2, 0) is 14.3 Å². The van der Waals surface area contributed by atoms with E-state index >= 15 is 0 Å². The van der Waals surface area contributed by atoms with Crippen molar-refractivity contribution in [1.82, 2.24) is 20.2 Å². The Labute approximate surface area is 234 Å². The zero-order chi connectivity index (χ0) is 29.5. The number of fused-ring (bicyclic) bond motifs is 1. The molecule has 3 atom stereocenters. The number of hydrogen-bond donors (Lipinski definition) is 9.